The summed E-state index contributed by atoms with van der Waals surface area (Å²) >= 11 is 6.01. The number of carbonyl (C=O) groups is 1. The van der Waals surface area contributed by atoms with E-state index in [2.05, 4.69) is 15.0 Å². The van der Waals surface area contributed by atoms with E-state index in [4.69, 9.17) is 25.6 Å². The number of oxazole rings is 1. The summed E-state index contributed by atoms with van der Waals surface area (Å²) in [7, 11) is -3.82. The number of halogens is 1. The molecule has 1 saturated carbocycles. The van der Waals surface area contributed by atoms with Crippen molar-refractivity contribution in [2.75, 3.05) is 0 Å². The quantitative estimate of drug-likeness (QED) is 0.525. The highest BCUT2D eigenvalue weighted by molar-refractivity contribution is 7.87. The maximum atomic E-state index is 12.4. The third kappa shape index (κ3) is 5.01. The Morgan fingerprint density at radius 3 is 2.67 bits per heavy atom. The molecule has 11 heteroatoms. The van der Waals surface area contributed by atoms with E-state index in [1.54, 1.807) is 12.1 Å². The number of amides is 1. The minimum atomic E-state index is -3.82. The van der Waals surface area contributed by atoms with E-state index in [0.29, 0.717) is 16.7 Å². The molecule has 4 N–H and O–H groups in total. The molecule has 4 rings (SSSR count). The fraction of sp³-hybridized carbons (Fsp3) is 0.368. The number of hydrogen-bond donors (Lipinski definition) is 3. The molecule has 0 atom stereocenters. The van der Waals surface area contributed by atoms with Gasteiger partial charge in [-0.25, -0.2) is 10.1 Å². The van der Waals surface area contributed by atoms with E-state index in [-0.39, 0.29) is 30.2 Å². The summed E-state index contributed by atoms with van der Waals surface area (Å²) in [4.78, 5) is 17.0. The summed E-state index contributed by atoms with van der Waals surface area (Å²) in [5.41, 5.74) is 1.47. The SMILES string of the molecule is NS(=O)(=O)NCc1ccc(C(=O)NC2CCC(c3nc4cc(Cl)ccc4o3)CC2)o1. The maximum absolute atomic E-state index is 12.4. The molecule has 0 unspecified atom stereocenters. The fourth-order valence-corrected chi connectivity index (χ4v) is 4.11. The maximum Gasteiger partial charge on any atom is 0.287 e. The Labute approximate surface area is 178 Å². The third-order valence-electron chi connectivity index (χ3n) is 5.11. The predicted molar refractivity (Wildman–Crippen MR) is 110 cm³/mol. The van der Waals surface area contributed by atoms with Crippen LogP contribution >= 0.6 is 11.6 Å². The van der Waals surface area contributed by atoms with Crippen molar-refractivity contribution in [3.63, 3.8) is 0 Å². The van der Waals surface area contributed by atoms with Crippen LogP contribution in [0, 0.1) is 0 Å². The fourth-order valence-electron chi connectivity index (χ4n) is 3.60. The Kier molecular flexibility index (Phi) is 5.83. The molecule has 1 aliphatic rings. The molecule has 0 aliphatic heterocycles. The van der Waals surface area contributed by atoms with Gasteiger partial charge in [0.1, 0.15) is 11.3 Å². The molecule has 0 bridgehead atoms. The first kappa shape index (κ1) is 20.9. The van der Waals surface area contributed by atoms with Crippen molar-refractivity contribution < 1.29 is 22.0 Å². The predicted octanol–water partition coefficient (Wildman–Crippen LogP) is 2.82. The lowest BCUT2D eigenvalue weighted by Gasteiger charge is -2.27. The van der Waals surface area contributed by atoms with Crippen molar-refractivity contribution in [2.45, 2.75) is 44.2 Å². The van der Waals surface area contributed by atoms with Crippen LogP contribution in [0.15, 0.2) is 39.2 Å². The molecule has 2 heterocycles. The van der Waals surface area contributed by atoms with Gasteiger partial charge < -0.3 is 14.2 Å². The molecule has 1 aromatic carbocycles. The normalized spacial score (nSPS) is 19.8. The van der Waals surface area contributed by atoms with Crippen molar-refractivity contribution in [1.29, 1.82) is 0 Å². The van der Waals surface area contributed by atoms with Crippen LogP contribution in [-0.4, -0.2) is 25.4 Å². The minimum Gasteiger partial charge on any atom is -0.455 e. The van der Waals surface area contributed by atoms with Gasteiger partial charge in [0.05, 0.1) is 6.54 Å². The molecule has 160 valence electrons. The third-order valence-corrected chi connectivity index (χ3v) is 5.89. The van der Waals surface area contributed by atoms with Crippen LogP contribution in [0.1, 0.15) is 53.8 Å². The van der Waals surface area contributed by atoms with Crippen LogP contribution in [0.3, 0.4) is 0 Å². The van der Waals surface area contributed by atoms with Crippen LogP contribution < -0.4 is 15.2 Å². The first-order chi connectivity index (χ1) is 14.3. The van der Waals surface area contributed by atoms with Gasteiger partial charge >= 0.3 is 0 Å². The Bertz CT molecular complexity index is 1160. The molecule has 1 aliphatic carbocycles. The average Bonchev–Trinajstić information content (AvgIpc) is 3.33. The summed E-state index contributed by atoms with van der Waals surface area (Å²) in [5, 5.41) is 8.46. The first-order valence-electron chi connectivity index (χ1n) is 9.50. The van der Waals surface area contributed by atoms with Gasteiger partial charge in [-0.05, 0) is 56.0 Å². The highest BCUT2D eigenvalue weighted by Crippen LogP contribution is 2.34. The van der Waals surface area contributed by atoms with Gasteiger partial charge in [0, 0.05) is 17.0 Å². The van der Waals surface area contributed by atoms with Crippen molar-refractivity contribution >= 4 is 38.8 Å². The number of furan rings is 1. The molecule has 30 heavy (non-hydrogen) atoms. The Morgan fingerprint density at radius 1 is 1.17 bits per heavy atom. The molecule has 1 fully saturated rings. The molecule has 0 saturated heterocycles. The van der Waals surface area contributed by atoms with E-state index in [0.717, 1.165) is 36.8 Å². The summed E-state index contributed by atoms with van der Waals surface area (Å²) < 4.78 is 35.2. The first-order valence-corrected chi connectivity index (χ1v) is 11.4. The number of carbonyl (C=O) groups excluding carboxylic acids is 1. The van der Waals surface area contributed by atoms with Gasteiger partial charge in [-0.2, -0.15) is 13.1 Å². The molecule has 9 nitrogen and oxygen atoms in total. The standard InChI is InChI=1S/C19H21ClN4O5S/c20-12-3-7-16-15(9-12)24-19(29-16)11-1-4-13(5-2-11)23-18(25)17-8-6-14(28-17)10-22-30(21,26)27/h3,6-9,11,13,22H,1-2,4-5,10H2,(H,23,25)(H2,21,26,27). The summed E-state index contributed by atoms with van der Waals surface area (Å²) in [6, 6.07) is 8.43. The molecular formula is C19H21ClN4O5S. The van der Waals surface area contributed by atoms with Crippen LogP contribution in [0.4, 0.5) is 0 Å². The molecular weight excluding hydrogens is 432 g/mol. The zero-order chi connectivity index (χ0) is 21.3. The topological polar surface area (TPSA) is 140 Å². The average molecular weight is 453 g/mol. The van der Waals surface area contributed by atoms with Gasteiger partial charge in [-0.3, -0.25) is 4.79 Å². The van der Waals surface area contributed by atoms with E-state index >= 15 is 0 Å². The lowest BCUT2D eigenvalue weighted by molar-refractivity contribution is 0.0895. The lowest BCUT2D eigenvalue weighted by Crippen LogP contribution is -2.37. The van der Waals surface area contributed by atoms with Crippen LogP contribution in [-0.2, 0) is 16.8 Å². The zero-order valence-electron chi connectivity index (χ0n) is 15.9. The molecule has 3 aromatic rings. The van der Waals surface area contributed by atoms with Gasteiger partial charge in [-0.15, -0.1) is 0 Å². The lowest BCUT2D eigenvalue weighted by atomic mass is 9.86. The van der Waals surface area contributed by atoms with Crippen molar-refractivity contribution in [3.8, 4) is 0 Å². The number of aromatic nitrogens is 1. The largest absolute Gasteiger partial charge is 0.455 e. The van der Waals surface area contributed by atoms with Gasteiger partial charge in [0.25, 0.3) is 16.1 Å². The number of benzene rings is 1. The van der Waals surface area contributed by atoms with Crippen molar-refractivity contribution in [1.82, 2.24) is 15.0 Å². The number of nitrogens with two attached hydrogens (primary N) is 1. The van der Waals surface area contributed by atoms with E-state index in [1.807, 2.05) is 6.07 Å². The van der Waals surface area contributed by atoms with Gasteiger partial charge in [-0.1, -0.05) is 11.6 Å². The second kappa shape index (κ2) is 8.38. The van der Waals surface area contributed by atoms with Crippen molar-refractivity contribution in [2.24, 2.45) is 5.14 Å². The van der Waals surface area contributed by atoms with Crippen molar-refractivity contribution in [3.05, 3.63) is 52.8 Å². The number of nitrogens with one attached hydrogen (secondary N) is 2. The Morgan fingerprint density at radius 2 is 1.93 bits per heavy atom. The molecule has 0 spiro atoms. The van der Waals surface area contributed by atoms with E-state index < -0.39 is 10.2 Å². The highest BCUT2D eigenvalue weighted by Gasteiger charge is 2.27. The van der Waals surface area contributed by atoms with E-state index in [1.165, 1.54) is 12.1 Å². The van der Waals surface area contributed by atoms with Crippen LogP contribution in [0.2, 0.25) is 5.02 Å². The molecule has 0 radical (unpaired) electrons. The smallest absolute Gasteiger partial charge is 0.287 e. The monoisotopic (exact) mass is 452 g/mol. The number of rotatable bonds is 6. The molecule has 2 aromatic heterocycles. The number of hydrogen-bond acceptors (Lipinski definition) is 6. The van der Waals surface area contributed by atoms with Crippen LogP contribution in [0.25, 0.3) is 11.1 Å². The second-order valence-corrected chi connectivity index (χ2v) is 9.13. The number of fused-ring (bicyclic) bond motifs is 1. The van der Waals surface area contributed by atoms with E-state index in [9.17, 15) is 13.2 Å². The molecule has 1 amide bonds. The summed E-state index contributed by atoms with van der Waals surface area (Å²) in [6.45, 7) is -0.118. The van der Waals surface area contributed by atoms with Gasteiger partial charge in [0.15, 0.2) is 17.2 Å². The zero-order valence-corrected chi connectivity index (χ0v) is 17.5. The Balaban J connectivity index is 1.31. The summed E-state index contributed by atoms with van der Waals surface area (Å²) in [6.07, 6.45) is 3.26. The summed E-state index contributed by atoms with van der Waals surface area (Å²) in [5.74, 6) is 0.990. The van der Waals surface area contributed by atoms with Crippen LogP contribution in [0.5, 0.6) is 0 Å². The second-order valence-electron chi connectivity index (χ2n) is 7.32. The van der Waals surface area contributed by atoms with Gasteiger partial charge in [0.2, 0.25) is 0 Å². The number of nitrogens with zero attached hydrogens (tertiary/aromatic N) is 1. The minimum absolute atomic E-state index is 0.0173. The Hall–Kier alpha value is -2.40. The highest BCUT2D eigenvalue weighted by atomic mass is 35.5.